The average molecular weight is 499 g/mol. The van der Waals surface area contributed by atoms with Crippen LogP contribution in [0, 0.1) is 0 Å². The molecule has 0 aliphatic rings. The van der Waals surface area contributed by atoms with Gasteiger partial charge < -0.3 is 9.30 Å². The van der Waals surface area contributed by atoms with Gasteiger partial charge in [-0.1, -0.05) is 36.2 Å². The van der Waals surface area contributed by atoms with Crippen LogP contribution in [0.2, 0.25) is 10.0 Å². The zero-order valence-corrected chi connectivity index (χ0v) is 19.9. The number of carbonyl (C=O) groups is 2. The number of esters is 1. The summed E-state index contributed by atoms with van der Waals surface area (Å²) >= 11 is 12.2. The molecule has 4 aromatic rings. The predicted octanol–water partition coefficient (Wildman–Crippen LogP) is 4.28. The molecule has 0 saturated heterocycles. The van der Waals surface area contributed by atoms with Gasteiger partial charge in [0.1, 0.15) is 16.9 Å². The highest BCUT2D eigenvalue weighted by atomic mass is 35.5. The second-order valence-electron chi connectivity index (χ2n) is 7.38. The van der Waals surface area contributed by atoms with E-state index in [1.165, 1.54) is 28.7 Å². The molecule has 34 heavy (non-hydrogen) atoms. The van der Waals surface area contributed by atoms with Gasteiger partial charge in [0, 0.05) is 17.8 Å². The lowest BCUT2D eigenvalue weighted by Gasteiger charge is -2.14. The Morgan fingerprint density at radius 2 is 1.88 bits per heavy atom. The van der Waals surface area contributed by atoms with Crippen LogP contribution in [0.5, 0.6) is 0 Å². The standard InChI is InChI=1S/C24H20Cl2N4O4/c1-3-10-30-20-16(23(32)29-11-6-5-7-19(29)27-20)13-17(24(33)34-4-2)21(30)28-22(31)15-9-8-14(25)12-18(15)26/h5-9,11-13H,3-4,10H2,1-2H3. The van der Waals surface area contributed by atoms with Crippen molar-refractivity contribution in [2.45, 2.75) is 26.8 Å². The van der Waals surface area contributed by atoms with E-state index in [0.717, 1.165) is 0 Å². The molecule has 0 saturated carbocycles. The number of benzene rings is 1. The first-order chi connectivity index (χ1) is 16.3. The number of carbonyl (C=O) groups excluding carboxylic acids is 2. The third-order valence-corrected chi connectivity index (χ3v) is 5.65. The quantitative estimate of drug-likeness (QED) is 0.302. The lowest BCUT2D eigenvalue weighted by molar-refractivity contribution is 0.0523. The van der Waals surface area contributed by atoms with Crippen LogP contribution in [0.25, 0.3) is 16.7 Å². The van der Waals surface area contributed by atoms with E-state index in [0.29, 0.717) is 29.3 Å². The van der Waals surface area contributed by atoms with Crippen molar-refractivity contribution in [3.63, 3.8) is 0 Å². The number of aromatic nitrogens is 3. The van der Waals surface area contributed by atoms with E-state index in [-0.39, 0.29) is 39.2 Å². The Balaban J connectivity index is 2.12. The molecular formula is C24H20Cl2N4O4. The van der Waals surface area contributed by atoms with Crippen molar-refractivity contribution >= 4 is 51.8 Å². The van der Waals surface area contributed by atoms with E-state index >= 15 is 0 Å². The van der Waals surface area contributed by atoms with E-state index in [4.69, 9.17) is 27.9 Å². The third-order valence-electron chi connectivity index (χ3n) is 5.10. The van der Waals surface area contributed by atoms with Gasteiger partial charge in [-0.25, -0.2) is 9.78 Å². The summed E-state index contributed by atoms with van der Waals surface area (Å²) in [4.78, 5) is 48.1. The van der Waals surface area contributed by atoms with Gasteiger partial charge in [-0.15, -0.1) is 0 Å². The largest absolute Gasteiger partial charge is 0.462 e. The normalized spacial score (nSPS) is 11.8. The summed E-state index contributed by atoms with van der Waals surface area (Å²) in [7, 11) is 0. The lowest BCUT2D eigenvalue weighted by Crippen LogP contribution is -2.32. The van der Waals surface area contributed by atoms with Crippen molar-refractivity contribution in [2.75, 3.05) is 6.61 Å². The molecule has 0 spiro atoms. The summed E-state index contributed by atoms with van der Waals surface area (Å²) in [6.45, 7) is 4.04. The Bertz CT molecular complexity index is 1570. The summed E-state index contributed by atoms with van der Waals surface area (Å²) in [6, 6.07) is 11.0. The minimum Gasteiger partial charge on any atom is -0.462 e. The number of fused-ring (bicyclic) bond motifs is 2. The number of pyridine rings is 2. The Morgan fingerprint density at radius 1 is 1.09 bits per heavy atom. The Labute approximate surface area is 204 Å². The van der Waals surface area contributed by atoms with E-state index < -0.39 is 11.9 Å². The van der Waals surface area contributed by atoms with Gasteiger partial charge in [0.2, 0.25) is 0 Å². The maximum absolute atomic E-state index is 13.2. The molecule has 1 aromatic carbocycles. The number of hydrogen-bond acceptors (Lipinski definition) is 5. The van der Waals surface area contributed by atoms with E-state index in [9.17, 15) is 14.4 Å². The highest BCUT2D eigenvalue weighted by Crippen LogP contribution is 2.21. The molecule has 0 aliphatic carbocycles. The molecule has 3 heterocycles. The number of nitrogens with zero attached hydrogens (tertiary/aromatic N) is 4. The van der Waals surface area contributed by atoms with Crippen LogP contribution in [0.15, 0.2) is 58.4 Å². The molecule has 0 aliphatic heterocycles. The number of hydrogen-bond donors (Lipinski definition) is 0. The van der Waals surface area contributed by atoms with E-state index in [2.05, 4.69) is 9.98 Å². The summed E-state index contributed by atoms with van der Waals surface area (Å²) in [6.07, 6.45) is 2.23. The predicted molar refractivity (Wildman–Crippen MR) is 130 cm³/mol. The third kappa shape index (κ3) is 4.34. The second-order valence-corrected chi connectivity index (χ2v) is 8.22. The monoisotopic (exact) mass is 498 g/mol. The average Bonchev–Trinajstić information content (AvgIpc) is 2.81. The highest BCUT2D eigenvalue weighted by Gasteiger charge is 2.20. The minimum absolute atomic E-state index is 0.0176. The molecular weight excluding hydrogens is 479 g/mol. The SMILES string of the molecule is CCCn1c(=NC(=O)c2ccc(Cl)cc2Cl)c(C(=O)OCC)cc2c(=O)n3ccccc3nc21. The number of aryl methyl sites for hydroxylation is 1. The molecule has 0 fully saturated rings. The first-order valence-electron chi connectivity index (χ1n) is 10.6. The Hall–Kier alpha value is -3.49. The van der Waals surface area contributed by atoms with Gasteiger partial charge in [-0.2, -0.15) is 4.99 Å². The highest BCUT2D eigenvalue weighted by molar-refractivity contribution is 6.36. The molecule has 0 N–H and O–H groups in total. The zero-order valence-electron chi connectivity index (χ0n) is 18.4. The molecule has 0 unspecified atom stereocenters. The first kappa shape index (κ1) is 23.7. The second kappa shape index (κ2) is 9.79. The fraction of sp³-hybridized carbons (Fsp3) is 0.208. The van der Waals surface area contributed by atoms with E-state index in [1.54, 1.807) is 35.9 Å². The summed E-state index contributed by atoms with van der Waals surface area (Å²) in [5, 5.41) is 0.706. The zero-order chi connectivity index (χ0) is 24.4. The number of rotatable bonds is 5. The van der Waals surface area contributed by atoms with Crippen LogP contribution < -0.4 is 11.0 Å². The molecule has 0 bridgehead atoms. The van der Waals surface area contributed by atoms with Crippen molar-refractivity contribution in [2.24, 2.45) is 4.99 Å². The van der Waals surface area contributed by atoms with Crippen molar-refractivity contribution in [1.82, 2.24) is 14.0 Å². The number of amides is 1. The van der Waals surface area contributed by atoms with Gasteiger partial charge >= 0.3 is 5.97 Å². The first-order valence-corrected chi connectivity index (χ1v) is 11.4. The molecule has 3 aromatic heterocycles. The number of ether oxygens (including phenoxy) is 1. The van der Waals surface area contributed by atoms with Gasteiger partial charge in [0.25, 0.3) is 11.5 Å². The van der Waals surface area contributed by atoms with E-state index in [1.807, 2.05) is 6.92 Å². The maximum atomic E-state index is 13.2. The Kier molecular flexibility index (Phi) is 6.81. The fourth-order valence-corrected chi connectivity index (χ4v) is 4.10. The topological polar surface area (TPSA) is 95.0 Å². The van der Waals surface area contributed by atoms with Crippen LogP contribution in [-0.4, -0.2) is 32.4 Å². The molecule has 0 radical (unpaired) electrons. The van der Waals surface area contributed by atoms with Crippen molar-refractivity contribution in [3.8, 4) is 0 Å². The maximum Gasteiger partial charge on any atom is 0.341 e. The molecule has 0 atom stereocenters. The molecule has 1 amide bonds. The van der Waals surface area contributed by atoms with Crippen molar-refractivity contribution in [1.29, 1.82) is 0 Å². The van der Waals surface area contributed by atoms with Crippen molar-refractivity contribution in [3.05, 3.63) is 85.7 Å². The molecule has 8 nitrogen and oxygen atoms in total. The Morgan fingerprint density at radius 3 is 2.59 bits per heavy atom. The summed E-state index contributed by atoms with van der Waals surface area (Å²) in [5.41, 5.74) is 0.517. The minimum atomic E-state index is -0.708. The van der Waals surface area contributed by atoms with Crippen LogP contribution in [0.1, 0.15) is 41.0 Å². The van der Waals surface area contributed by atoms with Crippen LogP contribution in [-0.2, 0) is 11.3 Å². The molecule has 10 heteroatoms. The summed E-state index contributed by atoms with van der Waals surface area (Å²) < 4.78 is 8.20. The number of halogens is 2. The fourth-order valence-electron chi connectivity index (χ4n) is 3.61. The van der Waals surface area contributed by atoms with Crippen molar-refractivity contribution < 1.29 is 14.3 Å². The summed E-state index contributed by atoms with van der Waals surface area (Å²) in [5.74, 6) is -1.38. The van der Waals surface area contributed by atoms with Gasteiger partial charge in [-0.3, -0.25) is 14.0 Å². The van der Waals surface area contributed by atoms with Gasteiger partial charge in [0.05, 0.1) is 22.6 Å². The molecule has 174 valence electrons. The van der Waals surface area contributed by atoms with Crippen LogP contribution >= 0.6 is 23.2 Å². The van der Waals surface area contributed by atoms with Crippen LogP contribution in [0.3, 0.4) is 0 Å². The molecule has 4 rings (SSSR count). The van der Waals surface area contributed by atoms with Gasteiger partial charge in [0.15, 0.2) is 5.49 Å². The lowest BCUT2D eigenvalue weighted by atomic mass is 10.2. The smallest absolute Gasteiger partial charge is 0.341 e. The van der Waals surface area contributed by atoms with Crippen LogP contribution in [0.4, 0.5) is 0 Å². The van der Waals surface area contributed by atoms with Gasteiger partial charge in [-0.05, 0) is 49.7 Å².